The third-order valence-corrected chi connectivity index (χ3v) is 5.00. The Bertz CT molecular complexity index is 536. The number of rotatable bonds is 6. The van der Waals surface area contributed by atoms with Gasteiger partial charge in [-0.2, -0.15) is 0 Å². The fourth-order valence-electron chi connectivity index (χ4n) is 3.24. The molecule has 0 fully saturated rings. The average molecular weight is 286 g/mol. The predicted molar refractivity (Wildman–Crippen MR) is 85.4 cm³/mol. The second-order valence-electron chi connectivity index (χ2n) is 5.53. The lowest BCUT2D eigenvalue weighted by atomic mass is 9.91. The molecule has 2 aromatic rings. The summed E-state index contributed by atoms with van der Waals surface area (Å²) in [6.45, 7) is 3.32. The van der Waals surface area contributed by atoms with Gasteiger partial charge in [-0.3, -0.25) is 0 Å². The zero-order valence-electron chi connectivity index (χ0n) is 12.0. The molecule has 1 heterocycles. The zero-order chi connectivity index (χ0) is 13.8. The lowest BCUT2D eigenvalue weighted by Crippen LogP contribution is -2.36. The molecule has 0 saturated heterocycles. The lowest BCUT2D eigenvalue weighted by Gasteiger charge is -2.25. The molecule has 3 rings (SSSR count). The van der Waals surface area contributed by atoms with Gasteiger partial charge in [0.05, 0.1) is 5.01 Å². The van der Waals surface area contributed by atoms with Crippen LogP contribution in [0.2, 0.25) is 0 Å². The molecule has 1 aliphatic rings. The second kappa shape index (κ2) is 6.51. The average Bonchev–Trinajstić information content (AvgIpc) is 3.12. The van der Waals surface area contributed by atoms with Crippen molar-refractivity contribution in [1.29, 1.82) is 0 Å². The van der Waals surface area contributed by atoms with Gasteiger partial charge in [-0.1, -0.05) is 31.2 Å². The van der Waals surface area contributed by atoms with Crippen LogP contribution in [0.1, 0.15) is 41.8 Å². The van der Waals surface area contributed by atoms with Gasteiger partial charge in [0, 0.05) is 30.0 Å². The van der Waals surface area contributed by atoms with Crippen LogP contribution in [-0.2, 0) is 12.8 Å². The number of hydrogen-bond acceptors (Lipinski definition) is 3. The molecule has 1 aromatic carbocycles. The third kappa shape index (κ3) is 2.94. The minimum atomic E-state index is 0.518. The topological polar surface area (TPSA) is 24.9 Å². The molecular formula is C17H22N2S. The smallest absolute Gasteiger partial charge is 0.0940 e. The lowest BCUT2D eigenvalue weighted by molar-refractivity contribution is 0.425. The van der Waals surface area contributed by atoms with Crippen molar-refractivity contribution >= 4 is 11.3 Å². The number of aryl methyl sites for hydroxylation is 1. The molecule has 0 spiro atoms. The summed E-state index contributed by atoms with van der Waals surface area (Å²) < 4.78 is 0. The highest BCUT2D eigenvalue weighted by Crippen LogP contribution is 2.36. The molecule has 106 valence electrons. The highest BCUT2D eigenvalue weighted by atomic mass is 32.1. The van der Waals surface area contributed by atoms with E-state index in [1.807, 2.05) is 6.20 Å². The van der Waals surface area contributed by atoms with E-state index in [1.54, 1.807) is 22.5 Å². The molecule has 1 N–H and O–H groups in total. The Morgan fingerprint density at radius 1 is 1.40 bits per heavy atom. The van der Waals surface area contributed by atoms with Crippen LogP contribution in [0.3, 0.4) is 0 Å². The first-order valence-corrected chi connectivity index (χ1v) is 8.46. The fraction of sp³-hybridized carbons (Fsp3) is 0.471. The largest absolute Gasteiger partial charge is 0.313 e. The van der Waals surface area contributed by atoms with Gasteiger partial charge in [0.25, 0.3) is 0 Å². The Labute approximate surface area is 125 Å². The SMILES string of the molecule is CCCNC(Cc1nccs1)C1CCc2ccccc21. The molecule has 2 atom stereocenters. The Morgan fingerprint density at radius 2 is 2.30 bits per heavy atom. The van der Waals surface area contributed by atoms with Crippen molar-refractivity contribution in [3.63, 3.8) is 0 Å². The molecular weight excluding hydrogens is 264 g/mol. The summed E-state index contributed by atoms with van der Waals surface area (Å²) >= 11 is 1.77. The normalized spacial score (nSPS) is 18.9. The monoisotopic (exact) mass is 286 g/mol. The van der Waals surface area contributed by atoms with Gasteiger partial charge < -0.3 is 5.32 Å². The summed E-state index contributed by atoms with van der Waals surface area (Å²) in [6.07, 6.45) is 6.65. The number of nitrogens with zero attached hydrogens (tertiary/aromatic N) is 1. The molecule has 1 aliphatic carbocycles. The summed E-state index contributed by atoms with van der Waals surface area (Å²) in [5, 5.41) is 7.09. The quantitative estimate of drug-likeness (QED) is 0.874. The van der Waals surface area contributed by atoms with Crippen molar-refractivity contribution in [3.05, 3.63) is 52.0 Å². The molecule has 2 unspecified atom stereocenters. The standard InChI is InChI=1S/C17H22N2S/c1-2-9-18-16(12-17-19-10-11-20-17)15-8-7-13-5-3-4-6-14(13)15/h3-6,10-11,15-16,18H,2,7-9,12H2,1H3. The maximum Gasteiger partial charge on any atom is 0.0940 e. The highest BCUT2D eigenvalue weighted by Gasteiger charge is 2.29. The highest BCUT2D eigenvalue weighted by molar-refractivity contribution is 7.09. The van der Waals surface area contributed by atoms with E-state index < -0.39 is 0 Å². The van der Waals surface area contributed by atoms with Crippen molar-refractivity contribution in [3.8, 4) is 0 Å². The molecule has 0 radical (unpaired) electrons. The van der Waals surface area contributed by atoms with Crippen LogP contribution in [0, 0.1) is 0 Å². The number of aromatic nitrogens is 1. The van der Waals surface area contributed by atoms with Crippen LogP contribution < -0.4 is 5.32 Å². The van der Waals surface area contributed by atoms with Crippen LogP contribution in [0.4, 0.5) is 0 Å². The van der Waals surface area contributed by atoms with Crippen LogP contribution in [0.15, 0.2) is 35.8 Å². The Hall–Kier alpha value is -1.19. The Balaban J connectivity index is 1.79. The minimum Gasteiger partial charge on any atom is -0.313 e. The van der Waals surface area contributed by atoms with Crippen LogP contribution >= 0.6 is 11.3 Å². The van der Waals surface area contributed by atoms with Crippen molar-refractivity contribution in [1.82, 2.24) is 10.3 Å². The second-order valence-corrected chi connectivity index (χ2v) is 6.51. The van der Waals surface area contributed by atoms with E-state index in [2.05, 4.69) is 46.9 Å². The maximum atomic E-state index is 4.47. The zero-order valence-corrected chi connectivity index (χ0v) is 12.8. The van der Waals surface area contributed by atoms with Gasteiger partial charge in [-0.05, 0) is 36.9 Å². The van der Waals surface area contributed by atoms with Crippen LogP contribution in [0.25, 0.3) is 0 Å². The van der Waals surface area contributed by atoms with Crippen LogP contribution in [0.5, 0.6) is 0 Å². The van der Waals surface area contributed by atoms with Gasteiger partial charge in [-0.15, -0.1) is 11.3 Å². The first-order valence-electron chi connectivity index (χ1n) is 7.58. The molecule has 20 heavy (non-hydrogen) atoms. The Kier molecular flexibility index (Phi) is 4.48. The summed E-state index contributed by atoms with van der Waals surface area (Å²) in [5.74, 6) is 0.640. The van der Waals surface area contributed by atoms with Gasteiger partial charge in [0.1, 0.15) is 0 Å². The Morgan fingerprint density at radius 3 is 3.10 bits per heavy atom. The van der Waals surface area contributed by atoms with E-state index in [0.717, 1.165) is 13.0 Å². The molecule has 0 saturated carbocycles. The fourth-order valence-corrected chi connectivity index (χ4v) is 3.91. The summed E-state index contributed by atoms with van der Waals surface area (Å²) in [4.78, 5) is 4.47. The number of nitrogens with one attached hydrogen (secondary N) is 1. The summed E-state index contributed by atoms with van der Waals surface area (Å²) in [5.41, 5.74) is 3.09. The van der Waals surface area contributed by atoms with Crippen molar-refractivity contribution in [2.24, 2.45) is 0 Å². The van der Waals surface area contributed by atoms with E-state index in [1.165, 1.54) is 24.3 Å². The molecule has 2 nitrogen and oxygen atoms in total. The number of benzene rings is 1. The summed E-state index contributed by atoms with van der Waals surface area (Å²) in [7, 11) is 0. The molecule has 3 heteroatoms. The molecule has 1 aromatic heterocycles. The van der Waals surface area contributed by atoms with Crippen molar-refractivity contribution < 1.29 is 0 Å². The van der Waals surface area contributed by atoms with E-state index >= 15 is 0 Å². The van der Waals surface area contributed by atoms with E-state index in [0.29, 0.717) is 12.0 Å². The maximum absolute atomic E-state index is 4.47. The van der Waals surface area contributed by atoms with Gasteiger partial charge in [0.2, 0.25) is 0 Å². The molecule has 0 bridgehead atoms. The number of thiazole rings is 1. The number of hydrogen-bond donors (Lipinski definition) is 1. The molecule has 0 amide bonds. The predicted octanol–water partition coefficient (Wildman–Crippen LogP) is 3.78. The third-order valence-electron chi connectivity index (χ3n) is 4.20. The van der Waals surface area contributed by atoms with E-state index in [4.69, 9.17) is 0 Å². The van der Waals surface area contributed by atoms with Gasteiger partial charge in [-0.25, -0.2) is 4.98 Å². The van der Waals surface area contributed by atoms with Crippen molar-refractivity contribution in [2.45, 2.75) is 44.6 Å². The van der Waals surface area contributed by atoms with Crippen LogP contribution in [-0.4, -0.2) is 17.6 Å². The van der Waals surface area contributed by atoms with E-state index in [-0.39, 0.29) is 0 Å². The first kappa shape index (κ1) is 13.8. The first-order chi connectivity index (χ1) is 9.88. The van der Waals surface area contributed by atoms with Gasteiger partial charge >= 0.3 is 0 Å². The summed E-state index contributed by atoms with van der Waals surface area (Å²) in [6, 6.07) is 9.46. The minimum absolute atomic E-state index is 0.518. The molecule has 0 aliphatic heterocycles. The number of fused-ring (bicyclic) bond motifs is 1. The van der Waals surface area contributed by atoms with Gasteiger partial charge in [0.15, 0.2) is 0 Å². The van der Waals surface area contributed by atoms with Crippen molar-refractivity contribution in [2.75, 3.05) is 6.54 Å². The van der Waals surface area contributed by atoms with E-state index in [9.17, 15) is 0 Å².